The number of methoxy groups -OCH3 is 1. The summed E-state index contributed by atoms with van der Waals surface area (Å²) in [4.78, 5) is 39.9. The molecule has 2 aliphatic heterocycles. The summed E-state index contributed by atoms with van der Waals surface area (Å²) < 4.78 is 5.11. The molecule has 2 amide bonds. The van der Waals surface area contributed by atoms with Gasteiger partial charge in [-0.1, -0.05) is 24.3 Å². The minimum Gasteiger partial charge on any atom is -0.464 e. The van der Waals surface area contributed by atoms with E-state index in [0.29, 0.717) is 12.2 Å². The van der Waals surface area contributed by atoms with Crippen LogP contribution in [0.15, 0.2) is 24.3 Å². The van der Waals surface area contributed by atoms with Gasteiger partial charge in [0.1, 0.15) is 17.9 Å². The lowest BCUT2D eigenvalue weighted by molar-refractivity contribution is -0.734. The third-order valence-electron chi connectivity index (χ3n) is 5.82. The zero-order valence-corrected chi connectivity index (χ0v) is 16.3. The van der Waals surface area contributed by atoms with Crippen molar-refractivity contribution in [3.8, 4) is 0 Å². The van der Waals surface area contributed by atoms with E-state index in [1.165, 1.54) is 19.1 Å². The number of fused-ring (bicyclic) bond motifs is 1. The summed E-state index contributed by atoms with van der Waals surface area (Å²) in [5.74, 6) is -1.44. The monoisotopic (exact) mass is 377 g/mol. The van der Waals surface area contributed by atoms with E-state index < -0.39 is 23.3 Å². The lowest BCUT2D eigenvalue weighted by atomic mass is 9.77. The third-order valence-corrected chi connectivity index (χ3v) is 6.44. The fourth-order valence-corrected chi connectivity index (χ4v) is 5.05. The molecule has 6 nitrogen and oxygen atoms in total. The predicted molar refractivity (Wildman–Crippen MR) is 98.3 cm³/mol. The van der Waals surface area contributed by atoms with Gasteiger partial charge >= 0.3 is 5.97 Å². The van der Waals surface area contributed by atoms with Gasteiger partial charge in [0, 0.05) is 19.0 Å². The molecule has 0 bridgehead atoms. The number of carbonyl (C=O) groups is 3. The maximum atomic E-state index is 12.9. The number of ether oxygens (including phenoxy) is 1. The van der Waals surface area contributed by atoms with Crippen molar-refractivity contribution >= 4 is 29.5 Å². The van der Waals surface area contributed by atoms with Crippen LogP contribution >= 0.6 is 11.8 Å². The zero-order chi connectivity index (χ0) is 19.1. The molecule has 2 fully saturated rings. The van der Waals surface area contributed by atoms with Gasteiger partial charge in [0.05, 0.1) is 7.11 Å². The van der Waals surface area contributed by atoms with Crippen molar-refractivity contribution in [2.24, 2.45) is 11.8 Å². The van der Waals surface area contributed by atoms with Crippen molar-refractivity contribution in [1.82, 2.24) is 4.90 Å². The molecule has 26 heavy (non-hydrogen) atoms. The molecule has 2 heterocycles. The van der Waals surface area contributed by atoms with E-state index in [-0.39, 0.29) is 17.9 Å². The van der Waals surface area contributed by atoms with Crippen LogP contribution in [0.3, 0.4) is 0 Å². The first-order chi connectivity index (χ1) is 12.4. The van der Waals surface area contributed by atoms with Crippen molar-refractivity contribution in [3.63, 3.8) is 0 Å². The summed E-state index contributed by atoms with van der Waals surface area (Å²) in [6.07, 6.45) is 2.45. The van der Waals surface area contributed by atoms with Crippen molar-refractivity contribution in [1.29, 1.82) is 0 Å². The normalized spacial score (nSPS) is 30.6. The lowest BCUT2D eigenvalue weighted by Gasteiger charge is -2.28. The summed E-state index contributed by atoms with van der Waals surface area (Å²) in [6, 6.07) is 7.56. The number of thioether (sulfide) groups is 1. The Labute approximate surface area is 157 Å². The Hall–Kier alpha value is -1.86. The maximum absolute atomic E-state index is 12.9. The highest BCUT2D eigenvalue weighted by molar-refractivity contribution is 7.98. The molecule has 4 atom stereocenters. The standard InChI is InChI=1S/C19H24N2O4S/c1-11-7-5-6-8-12(11)15-13-14(17(23)21(2)16(13)22)19(20-15,9-10-26-4)18(24)25-3/h5-8,13-15,20H,9-10H2,1-4H3/p+1/t13-,14+,15+,19+/m1/s1. The van der Waals surface area contributed by atoms with Crippen molar-refractivity contribution in [3.05, 3.63) is 35.4 Å². The Morgan fingerprint density at radius 2 is 2.00 bits per heavy atom. The fraction of sp³-hybridized carbons (Fsp3) is 0.526. The number of nitrogens with zero attached hydrogens (tertiary/aromatic N) is 1. The number of esters is 1. The van der Waals surface area contributed by atoms with E-state index in [9.17, 15) is 14.4 Å². The van der Waals surface area contributed by atoms with Gasteiger partial charge in [-0.05, 0) is 24.5 Å². The predicted octanol–water partition coefficient (Wildman–Crippen LogP) is 0.509. The zero-order valence-electron chi connectivity index (χ0n) is 15.5. The molecule has 0 aromatic heterocycles. The van der Waals surface area contributed by atoms with E-state index in [4.69, 9.17) is 4.74 Å². The second kappa shape index (κ2) is 7.04. The van der Waals surface area contributed by atoms with Crippen LogP contribution in [0.2, 0.25) is 0 Å². The van der Waals surface area contributed by atoms with Crippen LogP contribution in [0.4, 0.5) is 0 Å². The molecule has 2 saturated heterocycles. The van der Waals surface area contributed by atoms with E-state index in [1.807, 2.05) is 42.8 Å². The Morgan fingerprint density at radius 1 is 1.31 bits per heavy atom. The van der Waals surface area contributed by atoms with E-state index in [0.717, 1.165) is 11.1 Å². The van der Waals surface area contributed by atoms with Crippen LogP contribution in [0.5, 0.6) is 0 Å². The maximum Gasteiger partial charge on any atom is 0.368 e. The number of carbonyl (C=O) groups excluding carboxylic acids is 3. The number of quaternary nitrogens is 1. The Balaban J connectivity index is 2.15. The second-order valence-electron chi connectivity index (χ2n) is 7.06. The topological polar surface area (TPSA) is 80.3 Å². The Kier molecular flexibility index (Phi) is 5.12. The molecule has 0 spiro atoms. The average Bonchev–Trinajstić information content (AvgIpc) is 3.10. The Morgan fingerprint density at radius 3 is 2.62 bits per heavy atom. The summed E-state index contributed by atoms with van der Waals surface area (Å²) >= 11 is 1.61. The summed E-state index contributed by atoms with van der Waals surface area (Å²) in [7, 11) is 2.85. The van der Waals surface area contributed by atoms with Crippen LogP contribution in [0, 0.1) is 18.8 Å². The summed E-state index contributed by atoms with van der Waals surface area (Å²) in [5.41, 5.74) is 0.981. The van der Waals surface area contributed by atoms with Gasteiger partial charge in [0.25, 0.3) is 0 Å². The molecule has 140 valence electrons. The van der Waals surface area contributed by atoms with Crippen molar-refractivity contribution in [2.75, 3.05) is 26.2 Å². The fourth-order valence-electron chi connectivity index (χ4n) is 4.51. The third kappa shape index (κ3) is 2.65. The number of likely N-dealkylation sites (tertiary alicyclic amines) is 1. The molecule has 0 unspecified atom stereocenters. The molecule has 3 rings (SSSR count). The quantitative estimate of drug-likeness (QED) is 0.597. The van der Waals surface area contributed by atoms with Gasteiger partial charge in [0.2, 0.25) is 17.4 Å². The number of rotatable bonds is 5. The molecule has 0 aliphatic carbocycles. The highest BCUT2D eigenvalue weighted by Crippen LogP contribution is 2.46. The summed E-state index contributed by atoms with van der Waals surface area (Å²) in [6.45, 7) is 1.99. The van der Waals surface area contributed by atoms with Crippen molar-refractivity contribution < 1.29 is 24.4 Å². The Bertz CT molecular complexity index is 753. The number of hydrogen-bond acceptors (Lipinski definition) is 5. The molecule has 0 radical (unpaired) electrons. The van der Waals surface area contributed by atoms with Crippen LogP contribution in [-0.4, -0.2) is 54.4 Å². The molecule has 0 saturated carbocycles. The van der Waals surface area contributed by atoms with Crippen molar-refractivity contribution in [2.45, 2.75) is 24.9 Å². The van der Waals surface area contributed by atoms with Crippen LogP contribution < -0.4 is 5.32 Å². The number of imide groups is 1. The first-order valence-electron chi connectivity index (χ1n) is 8.69. The molecular formula is C19H25N2O4S+. The second-order valence-corrected chi connectivity index (χ2v) is 8.05. The van der Waals surface area contributed by atoms with Gasteiger partial charge in [0.15, 0.2) is 0 Å². The van der Waals surface area contributed by atoms with E-state index in [1.54, 1.807) is 11.8 Å². The SMILES string of the molecule is COC(=O)[C@@]1(CCSC)[NH2+][C@@H](c2ccccc2C)[C@@H]2C(=O)N(C)C(=O)[C@H]21. The highest BCUT2D eigenvalue weighted by Gasteiger charge is 2.71. The lowest BCUT2D eigenvalue weighted by Crippen LogP contribution is -2.98. The number of hydrogen-bond donors (Lipinski definition) is 1. The van der Waals surface area contributed by atoms with Gasteiger partial charge in [-0.3, -0.25) is 14.5 Å². The van der Waals surface area contributed by atoms with Gasteiger partial charge in [-0.2, -0.15) is 11.8 Å². The highest BCUT2D eigenvalue weighted by atomic mass is 32.2. The molecule has 1 aromatic carbocycles. The molecule has 1 aromatic rings. The molecular weight excluding hydrogens is 352 g/mol. The molecule has 2 aliphatic rings. The number of aryl methyl sites for hydroxylation is 1. The smallest absolute Gasteiger partial charge is 0.368 e. The molecule has 7 heteroatoms. The molecule has 2 N–H and O–H groups in total. The largest absolute Gasteiger partial charge is 0.464 e. The number of amides is 2. The minimum atomic E-state index is -1.06. The summed E-state index contributed by atoms with van der Waals surface area (Å²) in [5, 5.41) is 1.93. The van der Waals surface area contributed by atoms with Gasteiger partial charge < -0.3 is 10.1 Å². The van der Waals surface area contributed by atoms with E-state index in [2.05, 4.69) is 0 Å². The number of benzene rings is 1. The first-order valence-corrected chi connectivity index (χ1v) is 10.1. The number of nitrogens with two attached hydrogens (primary N) is 1. The van der Waals surface area contributed by atoms with Crippen LogP contribution in [0.25, 0.3) is 0 Å². The average molecular weight is 377 g/mol. The van der Waals surface area contributed by atoms with Crippen LogP contribution in [-0.2, 0) is 19.1 Å². The van der Waals surface area contributed by atoms with Gasteiger partial charge in [-0.15, -0.1) is 0 Å². The van der Waals surface area contributed by atoms with Gasteiger partial charge in [-0.25, -0.2) is 4.79 Å². The van der Waals surface area contributed by atoms with E-state index >= 15 is 0 Å². The minimum absolute atomic E-state index is 0.209. The first kappa shape index (κ1) is 18.9. The van der Waals surface area contributed by atoms with Crippen LogP contribution in [0.1, 0.15) is 23.6 Å².